The van der Waals surface area contributed by atoms with Gasteiger partial charge in [-0.25, -0.2) is 4.98 Å². The Morgan fingerprint density at radius 2 is 1.94 bits per heavy atom. The number of hydrogen-bond acceptors (Lipinski definition) is 4. The molecule has 90 valence electrons. The number of nitrogens with zero attached hydrogens (tertiary/aromatic N) is 1. The summed E-state index contributed by atoms with van der Waals surface area (Å²) in [6.07, 6.45) is 0. The van der Waals surface area contributed by atoms with Crippen molar-refractivity contribution in [3.8, 4) is 0 Å². The highest BCUT2D eigenvalue weighted by Gasteiger charge is 2.04. The van der Waals surface area contributed by atoms with E-state index >= 15 is 0 Å². The molecule has 0 amide bonds. The molecule has 0 radical (unpaired) electrons. The van der Waals surface area contributed by atoms with Crippen molar-refractivity contribution in [2.75, 3.05) is 5.32 Å². The molecule has 1 heterocycles. The van der Waals surface area contributed by atoms with Crippen LogP contribution in [-0.4, -0.2) is 10.1 Å². The summed E-state index contributed by atoms with van der Waals surface area (Å²) >= 11 is 1.73. The van der Waals surface area contributed by atoms with E-state index in [1.807, 2.05) is 38.1 Å². The Morgan fingerprint density at radius 1 is 1.24 bits per heavy atom. The summed E-state index contributed by atoms with van der Waals surface area (Å²) in [4.78, 5) is 5.67. The van der Waals surface area contributed by atoms with Crippen molar-refractivity contribution >= 4 is 17.0 Å². The quantitative estimate of drug-likeness (QED) is 0.874. The van der Waals surface area contributed by atoms with Gasteiger partial charge in [0.05, 0.1) is 23.9 Å². The molecule has 0 fully saturated rings. The summed E-state index contributed by atoms with van der Waals surface area (Å²) < 4.78 is 0. The van der Waals surface area contributed by atoms with Gasteiger partial charge in [-0.3, -0.25) is 0 Å². The molecule has 0 saturated heterocycles. The molecule has 3 nitrogen and oxygen atoms in total. The lowest BCUT2D eigenvalue weighted by Crippen LogP contribution is -1.99. The van der Waals surface area contributed by atoms with Crippen LogP contribution in [0, 0.1) is 13.8 Å². The minimum Gasteiger partial charge on any atom is -0.392 e. The number of hydrogen-bond donors (Lipinski definition) is 2. The fourth-order valence-corrected chi connectivity index (χ4v) is 2.52. The van der Waals surface area contributed by atoms with E-state index in [1.165, 1.54) is 4.88 Å². The summed E-state index contributed by atoms with van der Waals surface area (Å²) in [5.41, 5.74) is 3.10. The predicted molar refractivity (Wildman–Crippen MR) is 71.3 cm³/mol. The molecule has 0 aliphatic heterocycles. The number of nitrogens with one attached hydrogen (secondary N) is 1. The third-order valence-corrected chi connectivity index (χ3v) is 3.66. The molecule has 0 unspecified atom stereocenters. The Kier molecular flexibility index (Phi) is 3.76. The van der Waals surface area contributed by atoms with Gasteiger partial charge in [-0.15, -0.1) is 11.3 Å². The zero-order chi connectivity index (χ0) is 12.3. The zero-order valence-electron chi connectivity index (χ0n) is 10.0. The second-order valence-electron chi connectivity index (χ2n) is 3.95. The largest absolute Gasteiger partial charge is 0.392 e. The summed E-state index contributed by atoms with van der Waals surface area (Å²) in [6, 6.07) is 7.81. The molecule has 0 saturated carbocycles. The lowest BCUT2D eigenvalue weighted by molar-refractivity contribution is 0.282. The maximum absolute atomic E-state index is 8.95. The van der Waals surface area contributed by atoms with Crippen LogP contribution in [0.2, 0.25) is 0 Å². The Hall–Kier alpha value is -1.39. The van der Waals surface area contributed by atoms with Crippen LogP contribution in [0.3, 0.4) is 0 Å². The Labute approximate surface area is 105 Å². The lowest BCUT2D eigenvalue weighted by Gasteiger charge is -2.05. The Bertz CT molecular complexity index is 491. The highest BCUT2D eigenvalue weighted by Crippen LogP contribution is 2.19. The molecule has 2 rings (SSSR count). The molecule has 1 aromatic heterocycles. The van der Waals surface area contributed by atoms with Gasteiger partial charge in [-0.1, -0.05) is 12.1 Å². The Balaban J connectivity index is 1.99. The van der Waals surface area contributed by atoms with Crippen LogP contribution in [0.4, 0.5) is 5.69 Å². The van der Waals surface area contributed by atoms with Gasteiger partial charge >= 0.3 is 0 Å². The molecule has 2 aromatic rings. The average molecular weight is 248 g/mol. The van der Waals surface area contributed by atoms with Crippen molar-refractivity contribution in [1.82, 2.24) is 4.98 Å². The third kappa shape index (κ3) is 3.05. The van der Waals surface area contributed by atoms with Gasteiger partial charge in [0.15, 0.2) is 0 Å². The van der Waals surface area contributed by atoms with Crippen molar-refractivity contribution in [2.45, 2.75) is 27.0 Å². The monoisotopic (exact) mass is 248 g/mol. The molecule has 0 bridgehead atoms. The van der Waals surface area contributed by atoms with Gasteiger partial charge in [-0.05, 0) is 31.5 Å². The van der Waals surface area contributed by atoms with E-state index in [2.05, 4.69) is 10.3 Å². The SMILES string of the molecule is Cc1nc(C)c(CNc2ccc(CO)cc2)s1. The number of rotatable bonds is 4. The summed E-state index contributed by atoms with van der Waals surface area (Å²) in [5, 5.41) is 13.4. The number of aliphatic hydroxyl groups is 1. The van der Waals surface area contributed by atoms with Crippen LogP contribution in [0.1, 0.15) is 21.1 Å². The summed E-state index contributed by atoms with van der Waals surface area (Å²) in [7, 11) is 0. The van der Waals surface area contributed by atoms with E-state index in [0.717, 1.165) is 28.5 Å². The molecule has 0 aliphatic carbocycles. The standard InChI is InChI=1S/C13H16N2OS/c1-9-13(17-10(2)15-9)7-14-12-5-3-11(8-16)4-6-12/h3-6,14,16H,7-8H2,1-2H3. The van der Waals surface area contributed by atoms with Gasteiger partial charge in [0.25, 0.3) is 0 Å². The first kappa shape index (κ1) is 12.1. The van der Waals surface area contributed by atoms with E-state index in [0.29, 0.717) is 0 Å². The first-order valence-corrected chi connectivity index (χ1v) is 6.37. The topological polar surface area (TPSA) is 45.2 Å². The van der Waals surface area contributed by atoms with E-state index < -0.39 is 0 Å². The zero-order valence-corrected chi connectivity index (χ0v) is 10.8. The number of thiazole rings is 1. The molecule has 2 N–H and O–H groups in total. The van der Waals surface area contributed by atoms with Gasteiger partial charge in [0.1, 0.15) is 0 Å². The number of benzene rings is 1. The van der Waals surface area contributed by atoms with Gasteiger partial charge < -0.3 is 10.4 Å². The molecular weight excluding hydrogens is 232 g/mol. The average Bonchev–Trinajstić information content (AvgIpc) is 2.66. The highest BCUT2D eigenvalue weighted by atomic mass is 32.1. The fraction of sp³-hybridized carbons (Fsp3) is 0.308. The van der Waals surface area contributed by atoms with Crippen LogP contribution in [0.15, 0.2) is 24.3 Å². The van der Waals surface area contributed by atoms with E-state index in [-0.39, 0.29) is 6.61 Å². The van der Waals surface area contributed by atoms with Crippen LogP contribution >= 0.6 is 11.3 Å². The van der Waals surface area contributed by atoms with E-state index in [9.17, 15) is 0 Å². The van der Waals surface area contributed by atoms with Crippen molar-refractivity contribution in [3.63, 3.8) is 0 Å². The number of anilines is 1. The fourth-order valence-electron chi connectivity index (χ4n) is 1.65. The first-order valence-electron chi connectivity index (χ1n) is 5.55. The molecule has 4 heteroatoms. The highest BCUT2D eigenvalue weighted by molar-refractivity contribution is 7.11. The van der Waals surface area contributed by atoms with Gasteiger partial charge in [-0.2, -0.15) is 0 Å². The molecule has 0 aliphatic rings. The molecule has 1 aromatic carbocycles. The Morgan fingerprint density at radius 3 is 2.47 bits per heavy atom. The van der Waals surface area contributed by atoms with Gasteiger partial charge in [0.2, 0.25) is 0 Å². The normalized spacial score (nSPS) is 10.5. The number of aromatic nitrogens is 1. The summed E-state index contributed by atoms with van der Waals surface area (Å²) in [6.45, 7) is 4.95. The molecule has 17 heavy (non-hydrogen) atoms. The third-order valence-electron chi connectivity index (χ3n) is 2.59. The van der Waals surface area contributed by atoms with Gasteiger partial charge in [0, 0.05) is 10.6 Å². The predicted octanol–water partition coefficient (Wildman–Crippen LogP) is 2.86. The lowest BCUT2D eigenvalue weighted by atomic mass is 10.2. The van der Waals surface area contributed by atoms with Crippen LogP contribution in [0.5, 0.6) is 0 Å². The maximum atomic E-state index is 8.95. The van der Waals surface area contributed by atoms with Crippen LogP contribution in [0.25, 0.3) is 0 Å². The van der Waals surface area contributed by atoms with Crippen LogP contribution < -0.4 is 5.32 Å². The molecule has 0 atom stereocenters. The first-order chi connectivity index (χ1) is 8.19. The second-order valence-corrected chi connectivity index (χ2v) is 5.24. The number of aliphatic hydroxyl groups excluding tert-OH is 1. The van der Waals surface area contributed by atoms with Crippen molar-refractivity contribution in [3.05, 3.63) is 45.4 Å². The smallest absolute Gasteiger partial charge is 0.0900 e. The maximum Gasteiger partial charge on any atom is 0.0900 e. The second kappa shape index (κ2) is 5.29. The van der Waals surface area contributed by atoms with E-state index in [1.54, 1.807) is 11.3 Å². The van der Waals surface area contributed by atoms with Crippen molar-refractivity contribution in [2.24, 2.45) is 0 Å². The van der Waals surface area contributed by atoms with Crippen molar-refractivity contribution < 1.29 is 5.11 Å². The minimum atomic E-state index is 0.0907. The van der Waals surface area contributed by atoms with E-state index in [4.69, 9.17) is 5.11 Å². The molecule has 0 spiro atoms. The number of aryl methyl sites for hydroxylation is 2. The molecular formula is C13H16N2OS. The van der Waals surface area contributed by atoms with Crippen molar-refractivity contribution in [1.29, 1.82) is 0 Å². The summed E-state index contributed by atoms with van der Waals surface area (Å²) in [5.74, 6) is 0. The minimum absolute atomic E-state index is 0.0907. The van der Waals surface area contributed by atoms with Crippen LogP contribution in [-0.2, 0) is 13.2 Å².